The van der Waals surface area contributed by atoms with Crippen LogP contribution in [0.15, 0.2) is 53.4 Å². The van der Waals surface area contributed by atoms with Gasteiger partial charge in [-0.1, -0.05) is 41.0 Å². The number of aromatic nitrogens is 1. The highest BCUT2D eigenvalue weighted by molar-refractivity contribution is 8.05. The number of hydrogen-bond donors (Lipinski definition) is 2. The number of benzene rings is 2. The summed E-state index contributed by atoms with van der Waals surface area (Å²) < 4.78 is 2.14. The minimum absolute atomic E-state index is 0.0864. The number of carbonyl (C=O) groups is 1. The number of nitrogens with one attached hydrogen (secondary N) is 2. The van der Waals surface area contributed by atoms with Gasteiger partial charge in [0.05, 0.1) is 4.91 Å². The second-order valence-corrected chi connectivity index (χ2v) is 9.25. The van der Waals surface area contributed by atoms with Gasteiger partial charge in [-0.3, -0.25) is 4.79 Å². The number of nitrogens with zero attached hydrogens (tertiary/aromatic N) is 1. The molecule has 2 N–H and O–H groups in total. The molecule has 1 fully saturated rings. The molecule has 4 rings (SSSR count). The number of thioether (sulfide) groups is 1. The molecule has 1 unspecified atom stereocenters. The lowest BCUT2D eigenvalue weighted by molar-refractivity contribution is -0.116. The quantitative estimate of drug-likeness (QED) is 0.451. The van der Waals surface area contributed by atoms with Gasteiger partial charge >= 0.3 is 0 Å². The van der Waals surface area contributed by atoms with Crippen molar-refractivity contribution in [1.29, 1.82) is 0 Å². The Hall–Kier alpha value is -2.34. The lowest BCUT2D eigenvalue weighted by Gasteiger charge is -2.15. The predicted molar refractivity (Wildman–Crippen MR) is 128 cm³/mol. The fraction of sp³-hybridized carbons (Fsp3) is 0.174. The summed E-state index contributed by atoms with van der Waals surface area (Å²) in [5.41, 5.74) is 5.88. The first kappa shape index (κ1) is 20.9. The highest BCUT2D eigenvalue weighted by atomic mass is 35.5. The van der Waals surface area contributed by atoms with E-state index in [0.717, 1.165) is 33.9 Å². The standard InChI is InChI=1S/C23H21Cl2N3OS/c1-13-9-18(25)7-8-20(13)26-23-27-22(29)21(30-23)11-16-10-14(2)28(15(16)3)19-6-4-5-17(24)12-19/h4-12,23,26H,1-3H3,(H,27,29)/b21-11-. The Kier molecular flexibility index (Phi) is 5.87. The predicted octanol–water partition coefficient (Wildman–Crippen LogP) is 6.31. The average molecular weight is 458 g/mol. The molecule has 30 heavy (non-hydrogen) atoms. The number of amides is 1. The Morgan fingerprint density at radius 2 is 1.83 bits per heavy atom. The highest BCUT2D eigenvalue weighted by Gasteiger charge is 2.28. The number of halogens is 2. The van der Waals surface area contributed by atoms with Crippen LogP contribution in [-0.2, 0) is 4.79 Å². The van der Waals surface area contributed by atoms with Crippen molar-refractivity contribution in [2.24, 2.45) is 0 Å². The lowest BCUT2D eigenvalue weighted by Crippen LogP contribution is -2.31. The number of aryl methyl sites for hydroxylation is 2. The van der Waals surface area contributed by atoms with Gasteiger partial charge in [0.15, 0.2) is 5.50 Å². The van der Waals surface area contributed by atoms with E-state index >= 15 is 0 Å². The minimum Gasteiger partial charge on any atom is -0.356 e. The summed E-state index contributed by atoms with van der Waals surface area (Å²) >= 11 is 13.7. The van der Waals surface area contributed by atoms with Gasteiger partial charge in [0, 0.05) is 32.8 Å². The minimum atomic E-state index is -0.236. The van der Waals surface area contributed by atoms with Gasteiger partial charge < -0.3 is 15.2 Å². The summed E-state index contributed by atoms with van der Waals surface area (Å²) in [7, 11) is 0. The van der Waals surface area contributed by atoms with Crippen LogP contribution in [0.25, 0.3) is 11.8 Å². The van der Waals surface area contributed by atoms with Crippen LogP contribution in [0.2, 0.25) is 10.0 Å². The van der Waals surface area contributed by atoms with E-state index in [9.17, 15) is 4.79 Å². The van der Waals surface area contributed by atoms with Crippen LogP contribution in [-0.4, -0.2) is 16.0 Å². The maximum Gasteiger partial charge on any atom is 0.260 e. The summed E-state index contributed by atoms with van der Waals surface area (Å²) in [5.74, 6) is -0.0864. The lowest BCUT2D eigenvalue weighted by atomic mass is 10.2. The van der Waals surface area contributed by atoms with Crippen LogP contribution in [0.5, 0.6) is 0 Å². The number of rotatable bonds is 4. The van der Waals surface area contributed by atoms with E-state index in [-0.39, 0.29) is 11.4 Å². The fourth-order valence-electron chi connectivity index (χ4n) is 3.58. The molecular weight excluding hydrogens is 437 g/mol. The third-order valence-electron chi connectivity index (χ3n) is 5.03. The van der Waals surface area contributed by atoms with Crippen molar-refractivity contribution in [2.75, 3.05) is 5.32 Å². The van der Waals surface area contributed by atoms with E-state index in [4.69, 9.17) is 23.2 Å². The zero-order chi connectivity index (χ0) is 21.4. The maximum absolute atomic E-state index is 12.6. The summed E-state index contributed by atoms with van der Waals surface area (Å²) in [6.07, 6.45) is 1.94. The molecule has 4 nitrogen and oxygen atoms in total. The monoisotopic (exact) mass is 457 g/mol. The molecule has 7 heteroatoms. The first-order valence-electron chi connectivity index (χ1n) is 9.48. The molecule has 1 aliphatic heterocycles. The molecule has 2 heterocycles. The van der Waals surface area contributed by atoms with E-state index in [1.807, 2.05) is 69.3 Å². The molecule has 0 saturated carbocycles. The highest BCUT2D eigenvalue weighted by Crippen LogP contribution is 2.33. The van der Waals surface area contributed by atoms with Crippen LogP contribution in [0, 0.1) is 20.8 Å². The Bertz CT molecular complexity index is 1170. The van der Waals surface area contributed by atoms with Crippen LogP contribution in [0.3, 0.4) is 0 Å². The van der Waals surface area contributed by atoms with Gasteiger partial charge in [-0.2, -0.15) is 0 Å². The smallest absolute Gasteiger partial charge is 0.260 e. The van der Waals surface area contributed by atoms with E-state index in [0.29, 0.717) is 15.0 Å². The van der Waals surface area contributed by atoms with Crippen LogP contribution in [0.1, 0.15) is 22.5 Å². The van der Waals surface area contributed by atoms with Crippen LogP contribution < -0.4 is 10.6 Å². The summed E-state index contributed by atoms with van der Waals surface area (Å²) in [6, 6.07) is 15.5. The number of hydrogen-bond acceptors (Lipinski definition) is 3. The zero-order valence-electron chi connectivity index (χ0n) is 16.8. The molecule has 1 aliphatic rings. The number of anilines is 1. The molecule has 2 aromatic carbocycles. The van der Waals surface area contributed by atoms with Crippen LogP contribution >= 0.6 is 35.0 Å². The van der Waals surface area contributed by atoms with E-state index < -0.39 is 0 Å². The second-order valence-electron chi connectivity index (χ2n) is 7.23. The average Bonchev–Trinajstić information content (AvgIpc) is 3.16. The second kappa shape index (κ2) is 8.42. The van der Waals surface area contributed by atoms with Crippen LogP contribution in [0.4, 0.5) is 5.69 Å². The van der Waals surface area contributed by atoms with Gasteiger partial charge in [-0.05, 0) is 80.4 Å². The van der Waals surface area contributed by atoms with Gasteiger partial charge in [0.1, 0.15) is 0 Å². The molecule has 1 atom stereocenters. The molecule has 154 valence electrons. The van der Waals surface area contributed by atoms with Gasteiger partial charge in [-0.15, -0.1) is 0 Å². The van der Waals surface area contributed by atoms with Crippen molar-refractivity contribution in [1.82, 2.24) is 9.88 Å². The zero-order valence-corrected chi connectivity index (χ0v) is 19.1. The van der Waals surface area contributed by atoms with Gasteiger partial charge in [0.2, 0.25) is 0 Å². The van der Waals surface area contributed by atoms with Crippen molar-refractivity contribution < 1.29 is 4.79 Å². The Balaban J connectivity index is 1.58. The summed E-state index contributed by atoms with van der Waals surface area (Å²) in [5, 5.41) is 7.72. The maximum atomic E-state index is 12.6. The molecule has 0 bridgehead atoms. The van der Waals surface area contributed by atoms with Crippen molar-refractivity contribution in [2.45, 2.75) is 26.3 Å². The van der Waals surface area contributed by atoms with Crippen molar-refractivity contribution in [3.05, 3.63) is 86.0 Å². The summed E-state index contributed by atoms with van der Waals surface area (Å²) in [6.45, 7) is 6.08. The molecule has 1 amide bonds. The van der Waals surface area contributed by atoms with E-state index in [2.05, 4.69) is 21.3 Å². The third kappa shape index (κ3) is 4.24. The largest absolute Gasteiger partial charge is 0.356 e. The first-order chi connectivity index (χ1) is 14.3. The Labute approximate surface area is 190 Å². The third-order valence-corrected chi connectivity index (χ3v) is 6.53. The first-order valence-corrected chi connectivity index (χ1v) is 11.1. The Morgan fingerprint density at radius 1 is 1.07 bits per heavy atom. The SMILES string of the molecule is Cc1cc(Cl)ccc1NC1NC(=O)/C(=C/c2cc(C)n(-c3cccc(Cl)c3)c2C)S1. The molecule has 1 aromatic heterocycles. The van der Waals surface area contributed by atoms with Crippen molar-refractivity contribution >= 4 is 52.6 Å². The summed E-state index contributed by atoms with van der Waals surface area (Å²) in [4.78, 5) is 13.2. The Morgan fingerprint density at radius 3 is 2.57 bits per heavy atom. The molecule has 3 aromatic rings. The van der Waals surface area contributed by atoms with Gasteiger partial charge in [-0.25, -0.2) is 0 Å². The number of carbonyl (C=O) groups excluding carboxylic acids is 1. The molecule has 0 spiro atoms. The normalized spacial score (nSPS) is 17.4. The molecule has 1 saturated heterocycles. The molecule has 0 radical (unpaired) electrons. The van der Waals surface area contributed by atoms with Crippen molar-refractivity contribution in [3.8, 4) is 5.69 Å². The topological polar surface area (TPSA) is 46.1 Å². The molecular formula is C23H21Cl2N3OS. The molecule has 0 aliphatic carbocycles. The van der Waals surface area contributed by atoms with E-state index in [1.165, 1.54) is 11.8 Å². The van der Waals surface area contributed by atoms with Gasteiger partial charge in [0.25, 0.3) is 5.91 Å². The van der Waals surface area contributed by atoms with Crippen molar-refractivity contribution in [3.63, 3.8) is 0 Å². The van der Waals surface area contributed by atoms with E-state index in [1.54, 1.807) is 0 Å². The fourth-order valence-corrected chi connectivity index (χ4v) is 4.96.